The minimum atomic E-state index is -0.0529. The molecule has 0 radical (unpaired) electrons. The minimum Gasteiger partial charge on any atom is -0.506 e. The largest absolute Gasteiger partial charge is 0.506 e. The number of methoxy groups -OCH3 is 1. The smallest absolute Gasteiger partial charge is 0.137 e. The van der Waals surface area contributed by atoms with Crippen molar-refractivity contribution < 1.29 is 9.84 Å². The summed E-state index contributed by atoms with van der Waals surface area (Å²) < 4.78 is 5.19. The molecule has 0 unspecified atom stereocenters. The molecular weight excluding hydrogens is 200 g/mol. The SMILES string of the molecule is COc1cc(O)c(Cl)cc1C(C)(C)C. The number of hydrogen-bond donors (Lipinski definition) is 1. The van der Waals surface area contributed by atoms with E-state index >= 15 is 0 Å². The van der Waals surface area contributed by atoms with Crippen molar-refractivity contribution in [3.05, 3.63) is 22.7 Å². The van der Waals surface area contributed by atoms with Gasteiger partial charge in [0.1, 0.15) is 11.5 Å². The first-order valence-electron chi connectivity index (χ1n) is 4.43. The quantitative estimate of drug-likeness (QED) is 0.777. The van der Waals surface area contributed by atoms with Gasteiger partial charge in [-0.1, -0.05) is 32.4 Å². The van der Waals surface area contributed by atoms with Crippen molar-refractivity contribution in [3.8, 4) is 11.5 Å². The second-order valence-electron chi connectivity index (χ2n) is 4.25. The molecule has 78 valence electrons. The Kier molecular flexibility index (Phi) is 2.95. The van der Waals surface area contributed by atoms with Gasteiger partial charge in [0.25, 0.3) is 0 Å². The highest BCUT2D eigenvalue weighted by atomic mass is 35.5. The topological polar surface area (TPSA) is 29.5 Å². The van der Waals surface area contributed by atoms with Crippen molar-refractivity contribution in [1.82, 2.24) is 0 Å². The predicted octanol–water partition coefficient (Wildman–Crippen LogP) is 3.35. The van der Waals surface area contributed by atoms with Gasteiger partial charge in [0.2, 0.25) is 0 Å². The number of halogens is 1. The first kappa shape index (κ1) is 11.2. The Bertz CT molecular complexity index is 340. The van der Waals surface area contributed by atoms with E-state index < -0.39 is 0 Å². The molecule has 0 spiro atoms. The molecule has 0 atom stereocenters. The third-order valence-corrected chi connectivity index (χ3v) is 2.38. The van der Waals surface area contributed by atoms with Gasteiger partial charge in [0.15, 0.2) is 0 Å². The Hall–Kier alpha value is -0.890. The van der Waals surface area contributed by atoms with E-state index in [2.05, 4.69) is 20.8 Å². The van der Waals surface area contributed by atoms with Crippen LogP contribution in [0.2, 0.25) is 5.02 Å². The van der Waals surface area contributed by atoms with Gasteiger partial charge in [-0.05, 0) is 11.5 Å². The van der Waals surface area contributed by atoms with Crippen LogP contribution in [-0.2, 0) is 5.41 Å². The molecule has 0 saturated carbocycles. The van der Waals surface area contributed by atoms with Gasteiger partial charge in [0.05, 0.1) is 12.1 Å². The molecule has 1 N–H and O–H groups in total. The lowest BCUT2D eigenvalue weighted by Crippen LogP contribution is -2.12. The average Bonchev–Trinajstić information content (AvgIpc) is 2.07. The van der Waals surface area contributed by atoms with Crippen molar-refractivity contribution in [2.24, 2.45) is 0 Å². The van der Waals surface area contributed by atoms with Gasteiger partial charge in [-0.2, -0.15) is 0 Å². The Morgan fingerprint density at radius 2 is 1.86 bits per heavy atom. The van der Waals surface area contributed by atoms with E-state index in [1.54, 1.807) is 19.2 Å². The van der Waals surface area contributed by atoms with Crippen molar-refractivity contribution in [3.63, 3.8) is 0 Å². The molecule has 0 aliphatic carbocycles. The fraction of sp³-hybridized carbons (Fsp3) is 0.455. The summed E-state index contributed by atoms with van der Waals surface area (Å²) in [6, 6.07) is 3.29. The lowest BCUT2D eigenvalue weighted by Gasteiger charge is -2.22. The zero-order valence-corrected chi connectivity index (χ0v) is 9.64. The molecule has 2 nitrogen and oxygen atoms in total. The number of rotatable bonds is 1. The van der Waals surface area contributed by atoms with Crippen LogP contribution in [0.4, 0.5) is 0 Å². The summed E-state index contributed by atoms with van der Waals surface area (Å²) in [7, 11) is 1.58. The van der Waals surface area contributed by atoms with Crippen molar-refractivity contribution >= 4 is 11.6 Å². The van der Waals surface area contributed by atoms with Crippen LogP contribution in [0.15, 0.2) is 12.1 Å². The number of aromatic hydroxyl groups is 1. The number of hydrogen-bond acceptors (Lipinski definition) is 2. The maximum Gasteiger partial charge on any atom is 0.137 e. The Morgan fingerprint density at radius 3 is 2.29 bits per heavy atom. The van der Waals surface area contributed by atoms with Gasteiger partial charge >= 0.3 is 0 Å². The maximum atomic E-state index is 9.41. The Labute approximate surface area is 89.5 Å². The lowest BCUT2D eigenvalue weighted by atomic mass is 9.86. The first-order valence-corrected chi connectivity index (χ1v) is 4.81. The highest BCUT2D eigenvalue weighted by molar-refractivity contribution is 6.32. The molecule has 1 aromatic carbocycles. The van der Waals surface area contributed by atoms with E-state index in [0.717, 1.165) is 5.56 Å². The molecular formula is C11H15ClO2. The third kappa shape index (κ3) is 2.13. The fourth-order valence-electron chi connectivity index (χ4n) is 1.30. The van der Waals surface area contributed by atoms with E-state index in [4.69, 9.17) is 16.3 Å². The van der Waals surface area contributed by atoms with Gasteiger partial charge in [0, 0.05) is 11.6 Å². The molecule has 1 aromatic rings. The number of phenols is 1. The third-order valence-electron chi connectivity index (χ3n) is 2.08. The van der Waals surface area contributed by atoms with E-state index in [9.17, 15) is 5.11 Å². The molecule has 0 aromatic heterocycles. The van der Waals surface area contributed by atoms with Crippen LogP contribution in [0.5, 0.6) is 11.5 Å². The molecule has 0 heterocycles. The van der Waals surface area contributed by atoms with Crippen molar-refractivity contribution in [1.29, 1.82) is 0 Å². The summed E-state index contributed by atoms with van der Waals surface area (Å²) in [5.74, 6) is 0.718. The molecule has 1 rings (SSSR count). The summed E-state index contributed by atoms with van der Waals surface area (Å²) in [5.41, 5.74) is 0.936. The zero-order valence-electron chi connectivity index (χ0n) is 8.89. The minimum absolute atomic E-state index is 0.0523. The zero-order chi connectivity index (χ0) is 10.9. The summed E-state index contributed by atoms with van der Waals surface area (Å²) in [4.78, 5) is 0. The molecule has 0 saturated heterocycles. The number of phenolic OH excluding ortho intramolecular Hbond substituents is 1. The van der Waals surface area contributed by atoms with E-state index in [-0.39, 0.29) is 11.2 Å². The standard InChI is InChI=1S/C11H15ClO2/c1-11(2,3)7-5-8(12)9(13)6-10(7)14-4/h5-6,13H,1-4H3. The average molecular weight is 215 g/mol. The monoisotopic (exact) mass is 214 g/mol. The van der Waals surface area contributed by atoms with Gasteiger partial charge in [-0.25, -0.2) is 0 Å². The van der Waals surface area contributed by atoms with Crippen LogP contribution in [0, 0.1) is 0 Å². The predicted molar refractivity (Wildman–Crippen MR) is 58.4 cm³/mol. The molecule has 0 amide bonds. The highest BCUT2D eigenvalue weighted by Gasteiger charge is 2.20. The maximum absolute atomic E-state index is 9.41. The van der Waals surface area contributed by atoms with Crippen LogP contribution in [0.25, 0.3) is 0 Å². The Morgan fingerprint density at radius 1 is 1.29 bits per heavy atom. The first-order chi connectivity index (χ1) is 6.36. The molecule has 3 heteroatoms. The van der Waals surface area contributed by atoms with Gasteiger partial charge < -0.3 is 9.84 Å². The second-order valence-corrected chi connectivity index (χ2v) is 4.66. The summed E-state index contributed by atoms with van der Waals surface area (Å²) in [6.07, 6.45) is 0. The Balaban J connectivity index is 3.35. The van der Waals surface area contributed by atoms with Crippen LogP contribution in [-0.4, -0.2) is 12.2 Å². The number of ether oxygens (including phenoxy) is 1. The van der Waals surface area contributed by atoms with E-state index in [0.29, 0.717) is 10.8 Å². The molecule has 0 aliphatic heterocycles. The lowest BCUT2D eigenvalue weighted by molar-refractivity contribution is 0.391. The highest BCUT2D eigenvalue weighted by Crippen LogP contribution is 2.37. The fourth-order valence-corrected chi connectivity index (χ4v) is 1.46. The molecule has 0 bridgehead atoms. The van der Waals surface area contributed by atoms with Gasteiger partial charge in [-0.15, -0.1) is 0 Å². The van der Waals surface area contributed by atoms with Gasteiger partial charge in [-0.3, -0.25) is 0 Å². The van der Waals surface area contributed by atoms with E-state index in [1.807, 2.05) is 0 Å². The van der Waals surface area contributed by atoms with Crippen molar-refractivity contribution in [2.75, 3.05) is 7.11 Å². The summed E-state index contributed by atoms with van der Waals surface area (Å²) in [6.45, 7) is 6.20. The van der Waals surface area contributed by atoms with Crippen LogP contribution in [0.3, 0.4) is 0 Å². The number of benzene rings is 1. The summed E-state index contributed by atoms with van der Waals surface area (Å²) >= 11 is 5.84. The van der Waals surface area contributed by atoms with Crippen LogP contribution < -0.4 is 4.74 Å². The molecule has 14 heavy (non-hydrogen) atoms. The summed E-state index contributed by atoms with van der Waals surface area (Å²) in [5, 5.41) is 9.77. The van der Waals surface area contributed by atoms with Crippen LogP contribution in [0.1, 0.15) is 26.3 Å². The van der Waals surface area contributed by atoms with Crippen LogP contribution >= 0.6 is 11.6 Å². The second kappa shape index (κ2) is 3.70. The normalized spacial score (nSPS) is 11.5. The van der Waals surface area contributed by atoms with E-state index in [1.165, 1.54) is 0 Å². The molecule has 0 fully saturated rings. The van der Waals surface area contributed by atoms with Crippen molar-refractivity contribution in [2.45, 2.75) is 26.2 Å². The molecule has 0 aliphatic rings.